The van der Waals surface area contributed by atoms with Gasteiger partial charge in [-0.1, -0.05) is 12.1 Å². The van der Waals surface area contributed by atoms with E-state index in [2.05, 4.69) is 0 Å². The normalized spacial score (nSPS) is 16.1. The molecule has 0 amide bonds. The van der Waals surface area contributed by atoms with E-state index in [4.69, 9.17) is 4.78 Å². The van der Waals surface area contributed by atoms with E-state index in [9.17, 15) is 25.9 Å². The van der Waals surface area contributed by atoms with E-state index in [0.717, 1.165) is 0 Å². The highest BCUT2D eigenvalue weighted by atomic mass is 32.2. The molecule has 1 unspecified atom stereocenters. The van der Waals surface area contributed by atoms with Gasteiger partial charge in [0.2, 0.25) is 0 Å². The van der Waals surface area contributed by atoms with Gasteiger partial charge in [0, 0.05) is 0 Å². The molecule has 0 aliphatic rings. The van der Waals surface area contributed by atoms with Crippen LogP contribution < -0.4 is 5.46 Å². The second kappa shape index (κ2) is 4.04. The summed E-state index contributed by atoms with van der Waals surface area (Å²) in [4.78, 5) is -0.605. The van der Waals surface area contributed by atoms with Gasteiger partial charge in [-0.15, -0.1) is 5.46 Å². The highest BCUT2D eigenvalue weighted by molar-refractivity contribution is 7.92. The third kappa shape index (κ3) is 2.52. The zero-order valence-corrected chi connectivity index (χ0v) is 8.49. The minimum Gasteiger partial charge on any atom is -0.445 e. The van der Waals surface area contributed by atoms with Crippen molar-refractivity contribution >= 4 is 22.2 Å². The van der Waals surface area contributed by atoms with Gasteiger partial charge in [0.15, 0.2) is 0 Å². The van der Waals surface area contributed by atoms with E-state index in [-0.39, 0.29) is 0 Å². The number of benzene rings is 1. The van der Waals surface area contributed by atoms with Gasteiger partial charge in [0.05, 0.1) is 4.90 Å². The first kappa shape index (κ1) is 13.0. The topological polar surface area (TPSA) is 40.9 Å². The summed E-state index contributed by atoms with van der Waals surface area (Å²) in [5.41, 5.74) is -0.979. The molecule has 16 heavy (non-hydrogen) atoms. The third-order valence-corrected chi connectivity index (χ3v) is 3.33. The average Bonchev–Trinajstić information content (AvgIpc) is 2.16. The van der Waals surface area contributed by atoms with Crippen LogP contribution in [0.15, 0.2) is 29.2 Å². The van der Waals surface area contributed by atoms with Crippen molar-refractivity contribution in [2.24, 2.45) is 0 Å². The van der Waals surface area contributed by atoms with Crippen LogP contribution in [0.3, 0.4) is 0 Å². The maximum atomic E-state index is 12.2. The second-order valence-corrected chi connectivity index (χ2v) is 5.03. The van der Waals surface area contributed by atoms with E-state index in [1.165, 1.54) is 0 Å². The first-order valence-electron chi connectivity index (χ1n) is 4.01. The average molecular weight is 258 g/mol. The number of alkyl halides is 2. The summed E-state index contributed by atoms with van der Waals surface area (Å²) in [5.74, 6) is -3.42. The van der Waals surface area contributed by atoms with Crippen LogP contribution in [0, 0.1) is 4.78 Å². The summed E-state index contributed by atoms with van der Waals surface area (Å²) in [6.07, 6.45) is 0. The van der Waals surface area contributed by atoms with Gasteiger partial charge in [-0.05, 0) is 12.1 Å². The Bertz CT molecular complexity index is 467. The van der Waals surface area contributed by atoms with Crippen LogP contribution >= 0.6 is 0 Å². The van der Waals surface area contributed by atoms with Gasteiger partial charge >= 0.3 is 12.7 Å². The number of rotatable bonds is 3. The molecule has 1 rings (SSSR count). The Labute approximate surface area is 88.5 Å². The predicted octanol–water partition coefficient (Wildman–Crippen LogP) is 2.37. The first-order valence-corrected chi connectivity index (χ1v) is 5.63. The molecule has 0 saturated heterocycles. The molecule has 0 radical (unpaired) electrons. The van der Waals surface area contributed by atoms with E-state index in [1.807, 2.05) is 0 Å². The maximum absolute atomic E-state index is 12.2. The van der Waals surface area contributed by atoms with Gasteiger partial charge in [-0.3, -0.25) is 0 Å². The van der Waals surface area contributed by atoms with E-state index >= 15 is 0 Å². The van der Waals surface area contributed by atoms with Crippen molar-refractivity contribution in [3.05, 3.63) is 24.3 Å². The smallest absolute Gasteiger partial charge is 0.445 e. The first-order chi connectivity index (χ1) is 7.15. The fourth-order valence-electron chi connectivity index (χ4n) is 0.991. The minimum atomic E-state index is -5.22. The summed E-state index contributed by atoms with van der Waals surface area (Å²) in [6.45, 7) is -5.22. The quantitative estimate of drug-likeness (QED) is 0.656. The summed E-state index contributed by atoms with van der Waals surface area (Å²) < 4.78 is 78.8. The lowest BCUT2D eigenvalue weighted by Crippen LogP contribution is -2.33. The molecule has 9 heteroatoms. The zero-order valence-electron chi connectivity index (χ0n) is 7.67. The Morgan fingerprint density at radius 2 is 1.56 bits per heavy atom. The number of halogens is 5. The standard InChI is InChI=1S/C7H6BF5NOS/c9-7(10)16(14,15)6-3-1-5(2-4-6)8(11,12)13/h1-4,7,14H/q-1. The predicted molar refractivity (Wildman–Crippen MR) is 50.3 cm³/mol. The lowest BCUT2D eigenvalue weighted by molar-refractivity contribution is 0.241. The highest BCUT2D eigenvalue weighted by Crippen LogP contribution is 2.19. The van der Waals surface area contributed by atoms with Crippen LogP contribution in [0.1, 0.15) is 0 Å². The van der Waals surface area contributed by atoms with Crippen molar-refractivity contribution in [3.8, 4) is 0 Å². The third-order valence-electron chi connectivity index (χ3n) is 1.86. The summed E-state index contributed by atoms with van der Waals surface area (Å²) in [7, 11) is -4.33. The fraction of sp³-hybridized carbons (Fsp3) is 0.143. The van der Waals surface area contributed by atoms with E-state index < -0.39 is 32.8 Å². The van der Waals surface area contributed by atoms with Crippen LogP contribution in [0.4, 0.5) is 21.7 Å². The molecule has 0 saturated carbocycles. The SMILES string of the molecule is N=S(=O)(c1ccc([B-](F)(F)F)cc1)C(F)F. The highest BCUT2D eigenvalue weighted by Gasteiger charge is 2.27. The molecular weight excluding hydrogens is 252 g/mol. The molecule has 1 aromatic carbocycles. The van der Waals surface area contributed by atoms with Gasteiger partial charge in [0.25, 0.3) is 0 Å². The molecule has 0 fully saturated rings. The molecule has 0 aromatic heterocycles. The Kier molecular flexibility index (Phi) is 3.27. The molecule has 0 aliphatic carbocycles. The summed E-state index contributed by atoms with van der Waals surface area (Å²) in [6, 6.07) is 2.38. The van der Waals surface area contributed by atoms with E-state index in [0.29, 0.717) is 24.3 Å². The van der Waals surface area contributed by atoms with Crippen molar-refractivity contribution in [1.82, 2.24) is 0 Å². The molecule has 0 bridgehead atoms. The monoisotopic (exact) mass is 258 g/mol. The molecule has 1 aromatic rings. The number of nitrogens with one attached hydrogen (secondary N) is 1. The molecule has 1 atom stereocenters. The number of hydrogen-bond donors (Lipinski definition) is 1. The molecule has 0 aliphatic heterocycles. The summed E-state index contributed by atoms with van der Waals surface area (Å²) in [5, 5.41) is 0. The zero-order chi connectivity index (χ0) is 12.6. The molecular formula is C7H6BF5NOS-. The lowest BCUT2D eigenvalue weighted by atomic mass is 9.80. The van der Waals surface area contributed by atoms with Crippen LogP contribution in [0.2, 0.25) is 0 Å². The summed E-state index contributed by atoms with van der Waals surface area (Å²) >= 11 is 0. The fourth-order valence-corrected chi connectivity index (χ4v) is 1.74. The van der Waals surface area contributed by atoms with E-state index in [1.54, 1.807) is 0 Å². The molecule has 0 spiro atoms. The van der Waals surface area contributed by atoms with Crippen molar-refractivity contribution in [2.45, 2.75) is 10.7 Å². The van der Waals surface area contributed by atoms with Gasteiger partial charge in [0.1, 0.15) is 9.73 Å². The van der Waals surface area contributed by atoms with Gasteiger partial charge < -0.3 is 12.9 Å². The second-order valence-electron chi connectivity index (χ2n) is 3.01. The Balaban J connectivity index is 3.15. The maximum Gasteiger partial charge on any atom is 0.509 e. The Morgan fingerprint density at radius 3 is 1.88 bits per heavy atom. The van der Waals surface area contributed by atoms with Crippen molar-refractivity contribution in [3.63, 3.8) is 0 Å². The number of hydrogen-bond acceptors (Lipinski definition) is 2. The van der Waals surface area contributed by atoms with Crippen LogP contribution in [-0.4, -0.2) is 16.9 Å². The Morgan fingerprint density at radius 1 is 1.12 bits per heavy atom. The lowest BCUT2D eigenvalue weighted by Gasteiger charge is -2.15. The van der Waals surface area contributed by atoms with Crippen LogP contribution in [0.25, 0.3) is 0 Å². The molecule has 2 nitrogen and oxygen atoms in total. The van der Waals surface area contributed by atoms with Crippen LogP contribution in [0.5, 0.6) is 0 Å². The molecule has 90 valence electrons. The van der Waals surface area contributed by atoms with Gasteiger partial charge in [-0.2, -0.15) is 8.78 Å². The van der Waals surface area contributed by atoms with Crippen LogP contribution in [-0.2, 0) is 9.73 Å². The van der Waals surface area contributed by atoms with Gasteiger partial charge in [-0.25, -0.2) is 8.99 Å². The molecule has 0 heterocycles. The molecule has 1 N–H and O–H groups in total. The van der Waals surface area contributed by atoms with Crippen molar-refractivity contribution < 1.29 is 25.9 Å². The Hall–Kier alpha value is -1.12. The largest absolute Gasteiger partial charge is 0.509 e. The van der Waals surface area contributed by atoms with Crippen molar-refractivity contribution in [1.29, 1.82) is 4.78 Å². The minimum absolute atomic E-state index is 0.548. The van der Waals surface area contributed by atoms with Crippen molar-refractivity contribution in [2.75, 3.05) is 0 Å².